The maximum absolute atomic E-state index is 5.93. The first-order valence-corrected chi connectivity index (χ1v) is 6.36. The zero-order valence-electron chi connectivity index (χ0n) is 10.3. The van der Waals surface area contributed by atoms with Gasteiger partial charge in [-0.3, -0.25) is 0 Å². The molecule has 0 atom stereocenters. The smallest absolute Gasteiger partial charge is 0.144 e. The van der Waals surface area contributed by atoms with Crippen LogP contribution in [0.5, 0.6) is 11.5 Å². The standard InChI is InChI=1S/C14H13Cl2NO2/c1-18-10-4-2-3-9(5-10)8-19-14-7-12(16)11(15)6-13(14)17/h2-7H,8,17H2,1H3. The van der Waals surface area contributed by atoms with Crippen molar-refractivity contribution in [2.75, 3.05) is 12.8 Å². The Kier molecular flexibility index (Phi) is 4.40. The molecule has 2 rings (SSSR count). The molecule has 5 heteroatoms. The molecule has 0 fully saturated rings. The average Bonchev–Trinajstić information content (AvgIpc) is 2.41. The van der Waals surface area contributed by atoms with Crippen molar-refractivity contribution < 1.29 is 9.47 Å². The molecule has 0 spiro atoms. The van der Waals surface area contributed by atoms with Gasteiger partial charge < -0.3 is 15.2 Å². The van der Waals surface area contributed by atoms with Gasteiger partial charge in [0, 0.05) is 6.07 Å². The maximum Gasteiger partial charge on any atom is 0.144 e. The second-order valence-electron chi connectivity index (χ2n) is 3.94. The highest BCUT2D eigenvalue weighted by molar-refractivity contribution is 6.42. The Hall–Kier alpha value is -1.58. The van der Waals surface area contributed by atoms with E-state index in [0.29, 0.717) is 28.1 Å². The van der Waals surface area contributed by atoms with Gasteiger partial charge >= 0.3 is 0 Å². The third kappa shape index (κ3) is 3.46. The van der Waals surface area contributed by atoms with Crippen LogP contribution in [0.15, 0.2) is 36.4 Å². The average molecular weight is 298 g/mol. The van der Waals surface area contributed by atoms with E-state index in [2.05, 4.69) is 0 Å². The van der Waals surface area contributed by atoms with E-state index in [1.807, 2.05) is 24.3 Å². The van der Waals surface area contributed by atoms with Crippen molar-refractivity contribution in [3.05, 3.63) is 52.0 Å². The largest absolute Gasteiger partial charge is 0.497 e. The molecule has 0 radical (unpaired) electrons. The van der Waals surface area contributed by atoms with Crippen LogP contribution in [0.2, 0.25) is 10.0 Å². The molecule has 0 saturated heterocycles. The van der Waals surface area contributed by atoms with Crippen LogP contribution in [0, 0.1) is 0 Å². The second-order valence-corrected chi connectivity index (χ2v) is 4.76. The fraction of sp³-hybridized carbons (Fsp3) is 0.143. The van der Waals surface area contributed by atoms with Gasteiger partial charge in [-0.05, 0) is 23.8 Å². The molecule has 0 unspecified atom stereocenters. The van der Waals surface area contributed by atoms with Crippen LogP contribution < -0.4 is 15.2 Å². The van der Waals surface area contributed by atoms with Crippen LogP contribution in [0.3, 0.4) is 0 Å². The van der Waals surface area contributed by atoms with Crippen molar-refractivity contribution in [2.24, 2.45) is 0 Å². The van der Waals surface area contributed by atoms with Crippen LogP contribution in [-0.4, -0.2) is 7.11 Å². The molecular formula is C14H13Cl2NO2. The van der Waals surface area contributed by atoms with Gasteiger partial charge in [-0.25, -0.2) is 0 Å². The lowest BCUT2D eigenvalue weighted by molar-refractivity contribution is 0.307. The summed E-state index contributed by atoms with van der Waals surface area (Å²) >= 11 is 11.8. The molecule has 0 aromatic heterocycles. The van der Waals surface area contributed by atoms with Crippen molar-refractivity contribution >= 4 is 28.9 Å². The summed E-state index contributed by atoms with van der Waals surface area (Å²) < 4.78 is 10.8. The lowest BCUT2D eigenvalue weighted by Gasteiger charge is -2.11. The Labute approximate surface area is 121 Å². The predicted octanol–water partition coefficient (Wildman–Crippen LogP) is 4.16. The molecule has 0 bridgehead atoms. The van der Waals surface area contributed by atoms with Crippen LogP contribution in [0.4, 0.5) is 5.69 Å². The lowest BCUT2D eigenvalue weighted by atomic mass is 10.2. The third-order valence-electron chi connectivity index (χ3n) is 2.58. The van der Waals surface area contributed by atoms with Crippen LogP contribution >= 0.6 is 23.2 Å². The first kappa shape index (κ1) is 13.8. The number of hydrogen-bond acceptors (Lipinski definition) is 3. The minimum Gasteiger partial charge on any atom is -0.497 e. The van der Waals surface area contributed by atoms with Gasteiger partial charge in [0.15, 0.2) is 0 Å². The van der Waals surface area contributed by atoms with E-state index in [0.717, 1.165) is 11.3 Å². The van der Waals surface area contributed by atoms with Gasteiger partial charge in [-0.1, -0.05) is 35.3 Å². The highest BCUT2D eigenvalue weighted by Gasteiger charge is 2.06. The molecule has 3 nitrogen and oxygen atoms in total. The van der Waals surface area contributed by atoms with E-state index in [-0.39, 0.29) is 0 Å². The quantitative estimate of drug-likeness (QED) is 0.862. The van der Waals surface area contributed by atoms with Gasteiger partial charge in [0.1, 0.15) is 18.1 Å². The van der Waals surface area contributed by atoms with E-state index in [1.54, 1.807) is 19.2 Å². The summed E-state index contributed by atoms with van der Waals surface area (Å²) in [5.41, 5.74) is 7.25. The van der Waals surface area contributed by atoms with Crippen molar-refractivity contribution in [3.8, 4) is 11.5 Å². The van der Waals surface area contributed by atoms with Crippen molar-refractivity contribution in [3.63, 3.8) is 0 Å². The maximum atomic E-state index is 5.93. The fourth-order valence-corrected chi connectivity index (χ4v) is 1.92. The zero-order valence-corrected chi connectivity index (χ0v) is 11.8. The lowest BCUT2D eigenvalue weighted by Crippen LogP contribution is -1.99. The molecular weight excluding hydrogens is 285 g/mol. The zero-order chi connectivity index (χ0) is 13.8. The number of rotatable bonds is 4. The van der Waals surface area contributed by atoms with E-state index >= 15 is 0 Å². The molecule has 2 aromatic rings. The molecule has 0 amide bonds. The van der Waals surface area contributed by atoms with Crippen molar-refractivity contribution in [1.82, 2.24) is 0 Å². The molecule has 2 aromatic carbocycles. The summed E-state index contributed by atoms with van der Waals surface area (Å²) in [5.74, 6) is 1.29. The Morgan fingerprint density at radius 2 is 1.84 bits per heavy atom. The number of methoxy groups -OCH3 is 1. The van der Waals surface area contributed by atoms with E-state index in [9.17, 15) is 0 Å². The molecule has 0 aliphatic heterocycles. The number of benzene rings is 2. The molecule has 0 saturated carbocycles. The van der Waals surface area contributed by atoms with Gasteiger partial charge in [0.25, 0.3) is 0 Å². The monoisotopic (exact) mass is 297 g/mol. The van der Waals surface area contributed by atoms with Gasteiger partial charge in [-0.2, -0.15) is 0 Å². The predicted molar refractivity (Wildman–Crippen MR) is 78.2 cm³/mol. The molecule has 19 heavy (non-hydrogen) atoms. The summed E-state index contributed by atoms with van der Waals surface area (Å²) in [6.07, 6.45) is 0. The van der Waals surface area contributed by atoms with E-state index in [4.69, 9.17) is 38.4 Å². The number of ether oxygens (including phenoxy) is 2. The highest BCUT2D eigenvalue weighted by Crippen LogP contribution is 2.32. The summed E-state index contributed by atoms with van der Waals surface area (Å²) in [6, 6.07) is 10.8. The number of anilines is 1. The minimum atomic E-state index is 0.374. The van der Waals surface area contributed by atoms with Gasteiger partial charge in [0.05, 0.1) is 22.8 Å². The van der Waals surface area contributed by atoms with Crippen LogP contribution in [0.1, 0.15) is 5.56 Å². The number of halogens is 2. The first-order chi connectivity index (χ1) is 9.10. The van der Waals surface area contributed by atoms with Crippen molar-refractivity contribution in [2.45, 2.75) is 6.61 Å². The molecule has 0 aliphatic rings. The molecule has 100 valence electrons. The van der Waals surface area contributed by atoms with E-state index < -0.39 is 0 Å². The Morgan fingerprint density at radius 1 is 1.11 bits per heavy atom. The number of nitrogen functional groups attached to an aromatic ring is 1. The normalized spacial score (nSPS) is 10.3. The Bertz CT molecular complexity index is 588. The third-order valence-corrected chi connectivity index (χ3v) is 3.30. The summed E-state index contributed by atoms with van der Waals surface area (Å²) in [5, 5.41) is 0.824. The SMILES string of the molecule is COc1cccc(COc2cc(Cl)c(Cl)cc2N)c1. The number of hydrogen-bond donors (Lipinski definition) is 1. The van der Waals surface area contributed by atoms with Crippen molar-refractivity contribution in [1.29, 1.82) is 0 Å². The highest BCUT2D eigenvalue weighted by atomic mass is 35.5. The summed E-state index contributed by atoms with van der Waals surface area (Å²) in [6.45, 7) is 0.374. The number of nitrogens with two attached hydrogens (primary N) is 1. The molecule has 2 N–H and O–H groups in total. The first-order valence-electron chi connectivity index (χ1n) is 5.60. The summed E-state index contributed by atoms with van der Waals surface area (Å²) in [7, 11) is 1.62. The molecule has 0 heterocycles. The Balaban J connectivity index is 2.12. The molecule has 0 aliphatic carbocycles. The Morgan fingerprint density at radius 3 is 2.58 bits per heavy atom. The topological polar surface area (TPSA) is 44.5 Å². The van der Waals surface area contributed by atoms with Crippen LogP contribution in [-0.2, 0) is 6.61 Å². The van der Waals surface area contributed by atoms with Gasteiger partial charge in [-0.15, -0.1) is 0 Å². The van der Waals surface area contributed by atoms with Crippen LogP contribution in [0.25, 0.3) is 0 Å². The minimum absolute atomic E-state index is 0.374. The summed E-state index contributed by atoms with van der Waals surface area (Å²) in [4.78, 5) is 0. The van der Waals surface area contributed by atoms with Gasteiger partial charge in [0.2, 0.25) is 0 Å². The second kappa shape index (κ2) is 6.04. The fourth-order valence-electron chi connectivity index (χ4n) is 1.59. The van der Waals surface area contributed by atoms with E-state index in [1.165, 1.54) is 0 Å².